The molecule has 0 aromatic heterocycles. The van der Waals surface area contributed by atoms with Crippen LogP contribution >= 0.6 is 17.2 Å². The first-order chi connectivity index (χ1) is 17.1. The van der Waals surface area contributed by atoms with Crippen molar-refractivity contribution in [1.29, 1.82) is 0 Å². The Morgan fingerprint density at radius 1 is 0.528 bits per heavy atom. The van der Waals surface area contributed by atoms with E-state index in [0.717, 1.165) is 33.2 Å². The molecule has 0 radical (unpaired) electrons. The van der Waals surface area contributed by atoms with Crippen molar-refractivity contribution in [2.24, 2.45) is 0 Å². The number of halogens is 1. The average Bonchev–Trinajstić information content (AvgIpc) is 3.08. The van der Waals surface area contributed by atoms with Gasteiger partial charge in [-0.2, -0.15) is 0 Å². The van der Waals surface area contributed by atoms with Crippen LogP contribution in [0.2, 0.25) is 0 Å². The summed E-state index contributed by atoms with van der Waals surface area (Å²) in [5.41, 5.74) is 5.21. The Labute approximate surface area is 220 Å². The van der Waals surface area contributed by atoms with Gasteiger partial charge < -0.3 is 0 Å². The van der Waals surface area contributed by atoms with E-state index in [1.165, 1.54) is 22.3 Å². The van der Waals surface area contributed by atoms with Crippen molar-refractivity contribution in [2.45, 2.75) is 39.8 Å². The van der Waals surface area contributed by atoms with Crippen LogP contribution in [0.4, 0.5) is 0 Å². The van der Waals surface area contributed by atoms with Gasteiger partial charge in [-0.05, 0) is 0 Å². The first-order valence-electron chi connectivity index (χ1n) is 12.1. The summed E-state index contributed by atoms with van der Waals surface area (Å²) in [5.74, 6) is -1.38. The zero-order chi connectivity index (χ0) is 26.3. The summed E-state index contributed by atoms with van der Waals surface area (Å²) in [6, 6.07) is 25.0. The van der Waals surface area contributed by atoms with E-state index in [1.54, 1.807) is 21.3 Å². The third-order valence-corrected chi connectivity index (χ3v) is 17.6. The molecule has 1 aliphatic carbocycles. The van der Waals surface area contributed by atoms with Crippen LogP contribution in [0.25, 0.3) is 0 Å². The molecule has 0 aliphatic heterocycles. The second-order valence-electron chi connectivity index (χ2n) is 9.68. The zero-order valence-electron chi connectivity index (χ0n) is 22.5. The molecule has 36 heavy (non-hydrogen) atoms. The van der Waals surface area contributed by atoms with Gasteiger partial charge >= 0.3 is 221 Å². The summed E-state index contributed by atoms with van der Waals surface area (Å²) in [6.45, 7) is 11.3. The van der Waals surface area contributed by atoms with Crippen LogP contribution in [0, 0.1) is 0 Å². The number of allylic oxidation sites excluding steroid dienone is 4. The molecule has 0 fully saturated rings. The van der Waals surface area contributed by atoms with Gasteiger partial charge in [0, 0.05) is 0 Å². The Morgan fingerprint density at radius 3 is 1.00 bits per heavy atom. The van der Waals surface area contributed by atoms with E-state index < -0.39 is 11.1 Å². The van der Waals surface area contributed by atoms with E-state index >= 15 is 0 Å². The molecule has 0 spiro atoms. The van der Waals surface area contributed by atoms with Crippen molar-refractivity contribution in [2.75, 3.05) is 21.3 Å². The molecule has 4 rings (SSSR count). The molecule has 3 nitrogen and oxygen atoms in total. The van der Waals surface area contributed by atoms with Crippen molar-refractivity contribution in [3.63, 3.8) is 0 Å². The Balaban J connectivity index is 2.26. The summed E-state index contributed by atoms with van der Waals surface area (Å²) in [6.07, 6.45) is 0. The van der Waals surface area contributed by atoms with Crippen molar-refractivity contribution >= 4 is 33.1 Å². The molecule has 0 bridgehead atoms. The Kier molecular flexibility index (Phi) is 6.79. The minimum absolute atomic E-state index is 0.473. The van der Waals surface area contributed by atoms with Gasteiger partial charge in [-0.1, -0.05) is 0 Å². The third kappa shape index (κ3) is 3.29. The molecule has 0 unspecified atom stereocenters. The number of rotatable bonds is 7. The van der Waals surface area contributed by atoms with Gasteiger partial charge in [0.25, 0.3) is 0 Å². The van der Waals surface area contributed by atoms with E-state index in [1.807, 2.05) is 36.4 Å². The van der Waals surface area contributed by atoms with Gasteiger partial charge in [0.1, 0.15) is 0 Å². The SMILES string of the molecule is COc1ccc(P(Cl)(c2ccc(OC)cc2)(c2ccc(OC)cc2)C2(C)C(C)=C(C)C(C)=C2C)cc1. The van der Waals surface area contributed by atoms with Gasteiger partial charge in [-0.15, -0.1) is 0 Å². The van der Waals surface area contributed by atoms with Crippen molar-refractivity contribution in [3.8, 4) is 17.2 Å². The maximum atomic E-state index is 8.67. The van der Waals surface area contributed by atoms with Gasteiger partial charge in [0.05, 0.1) is 0 Å². The number of benzene rings is 3. The predicted octanol–water partition coefficient (Wildman–Crippen LogP) is 7.14. The van der Waals surface area contributed by atoms with E-state index in [9.17, 15) is 0 Å². The van der Waals surface area contributed by atoms with Crippen molar-refractivity contribution in [1.82, 2.24) is 0 Å². The molecule has 0 atom stereocenters. The fourth-order valence-corrected chi connectivity index (χ4v) is 14.0. The molecule has 0 saturated carbocycles. The number of methoxy groups -OCH3 is 3. The topological polar surface area (TPSA) is 27.7 Å². The van der Waals surface area contributed by atoms with Crippen molar-refractivity contribution < 1.29 is 14.2 Å². The molecule has 0 N–H and O–H groups in total. The van der Waals surface area contributed by atoms with Crippen LogP contribution < -0.4 is 30.1 Å². The van der Waals surface area contributed by atoms with Crippen LogP contribution in [-0.2, 0) is 0 Å². The summed E-state index contributed by atoms with van der Waals surface area (Å²) in [4.78, 5) is 0. The van der Waals surface area contributed by atoms with Gasteiger partial charge in [0.2, 0.25) is 0 Å². The Morgan fingerprint density at radius 2 is 0.778 bits per heavy atom. The van der Waals surface area contributed by atoms with Gasteiger partial charge in [-0.25, -0.2) is 0 Å². The summed E-state index contributed by atoms with van der Waals surface area (Å²) in [5, 5.41) is 2.78. The second-order valence-corrected chi connectivity index (χ2v) is 16.2. The predicted molar refractivity (Wildman–Crippen MR) is 156 cm³/mol. The summed E-state index contributed by atoms with van der Waals surface area (Å²) in [7, 11) is 5.06. The van der Waals surface area contributed by atoms with Crippen LogP contribution in [0.3, 0.4) is 0 Å². The number of hydrogen-bond donors (Lipinski definition) is 0. The van der Waals surface area contributed by atoms with Crippen LogP contribution in [0.5, 0.6) is 17.2 Å². The molecule has 0 saturated heterocycles. The van der Waals surface area contributed by atoms with E-state index in [0.29, 0.717) is 0 Å². The normalized spacial score (nSPS) is 16.5. The molecule has 5 heteroatoms. The maximum absolute atomic E-state index is 8.67. The third-order valence-electron chi connectivity index (χ3n) is 8.66. The minimum atomic E-state index is -3.78. The van der Waals surface area contributed by atoms with E-state index in [4.69, 9.17) is 25.5 Å². The first kappa shape index (κ1) is 26.3. The Hall–Kier alpha value is -2.74. The quantitative estimate of drug-likeness (QED) is 0.309. The monoisotopic (exact) mass is 522 g/mol. The summed E-state index contributed by atoms with van der Waals surface area (Å²) >= 11 is 8.67. The molecular weight excluding hydrogens is 487 g/mol. The zero-order valence-corrected chi connectivity index (χ0v) is 24.1. The average molecular weight is 523 g/mol. The Bertz CT molecular complexity index is 1190. The van der Waals surface area contributed by atoms with E-state index in [-0.39, 0.29) is 0 Å². The number of ether oxygens (including phenoxy) is 3. The molecular formula is C31H36ClO3P. The summed E-state index contributed by atoms with van der Waals surface area (Å²) < 4.78 is 16.6. The molecule has 3 aromatic carbocycles. The fraction of sp³-hybridized carbons (Fsp3) is 0.290. The van der Waals surface area contributed by atoms with E-state index in [2.05, 4.69) is 71.0 Å². The first-order valence-corrected chi connectivity index (χ1v) is 15.3. The van der Waals surface area contributed by atoms with Crippen LogP contribution in [0.1, 0.15) is 34.6 Å². The molecule has 190 valence electrons. The standard InChI is InChI=1S/C31H36ClO3P/c1-21-22(2)24(4)31(5,23(21)3)36(32,28-15-9-25(33-6)10-16-28,29-17-11-26(34-7)12-18-29)30-19-13-27(35-8)14-20-30/h9-20H,1-8H3. The van der Waals surface area contributed by atoms with Gasteiger partial charge in [0.15, 0.2) is 0 Å². The molecule has 1 aliphatic rings. The molecule has 0 amide bonds. The van der Waals surface area contributed by atoms with Crippen molar-refractivity contribution in [3.05, 3.63) is 95.1 Å². The molecule has 3 aromatic rings. The van der Waals surface area contributed by atoms with Crippen LogP contribution in [-0.4, -0.2) is 26.5 Å². The van der Waals surface area contributed by atoms with Crippen LogP contribution in [0.15, 0.2) is 95.1 Å². The molecule has 0 heterocycles. The van der Waals surface area contributed by atoms with Gasteiger partial charge in [-0.3, -0.25) is 0 Å². The number of hydrogen-bond acceptors (Lipinski definition) is 3. The fourth-order valence-electron chi connectivity index (χ4n) is 6.01. The second kappa shape index (κ2) is 9.29.